The van der Waals surface area contributed by atoms with Crippen LogP contribution in [0, 0.1) is 0 Å². The van der Waals surface area contributed by atoms with Crippen LogP contribution in [-0.4, -0.2) is 59.6 Å². The maximum atomic E-state index is 12.4. The Bertz CT molecular complexity index is 536. The van der Waals surface area contributed by atoms with Gasteiger partial charge >= 0.3 is 5.97 Å². The minimum absolute atomic E-state index is 0.00602. The first kappa shape index (κ1) is 14.0. The van der Waals surface area contributed by atoms with Crippen LogP contribution in [0.2, 0.25) is 0 Å². The van der Waals surface area contributed by atoms with E-state index in [2.05, 4.69) is 9.72 Å². The summed E-state index contributed by atoms with van der Waals surface area (Å²) in [5.74, 6) is -0.498. The molecule has 0 radical (unpaired) electrons. The molecule has 0 N–H and O–H groups in total. The molecule has 2 saturated heterocycles. The predicted molar refractivity (Wildman–Crippen MR) is 71.8 cm³/mol. The summed E-state index contributed by atoms with van der Waals surface area (Å²) in [6.45, 7) is 1.03. The maximum Gasteiger partial charge on any atom is 0.325 e. The molecule has 0 aromatic carbocycles. The number of methoxy groups -OCH3 is 1. The summed E-state index contributed by atoms with van der Waals surface area (Å²) in [7, 11) is 1.32. The Morgan fingerprint density at radius 1 is 1.48 bits per heavy atom. The SMILES string of the molecule is COC(=O)CN1CCN2O[C@@H](c3ccccn3)C[C@H]2C1=O. The number of ether oxygens (including phenoxy) is 1. The number of hydroxylamine groups is 2. The first-order valence-electron chi connectivity index (χ1n) is 6.89. The highest BCUT2D eigenvalue weighted by Gasteiger charge is 2.44. The topological polar surface area (TPSA) is 72.0 Å². The molecule has 3 rings (SSSR count). The molecule has 1 aromatic rings. The van der Waals surface area contributed by atoms with Gasteiger partial charge in [-0.2, -0.15) is 5.06 Å². The standard InChI is InChI=1S/C14H17N3O4/c1-20-13(18)9-16-6-7-17-11(14(16)19)8-12(21-17)10-4-2-3-5-15-10/h2-5,11-12H,6-9H2,1H3/t11-,12+/m0/s1. The molecule has 0 bridgehead atoms. The smallest absolute Gasteiger partial charge is 0.325 e. The van der Waals surface area contributed by atoms with Gasteiger partial charge in [-0.25, -0.2) is 0 Å². The first-order valence-corrected chi connectivity index (χ1v) is 6.89. The summed E-state index contributed by atoms with van der Waals surface area (Å²) in [6.07, 6.45) is 2.05. The zero-order valence-corrected chi connectivity index (χ0v) is 11.8. The fourth-order valence-corrected chi connectivity index (χ4v) is 2.69. The van der Waals surface area contributed by atoms with Crippen molar-refractivity contribution in [2.45, 2.75) is 18.6 Å². The summed E-state index contributed by atoms with van der Waals surface area (Å²) in [5.41, 5.74) is 0.819. The zero-order chi connectivity index (χ0) is 14.8. The van der Waals surface area contributed by atoms with Crippen LogP contribution in [0.15, 0.2) is 24.4 Å². The lowest BCUT2D eigenvalue weighted by Gasteiger charge is -2.34. The Morgan fingerprint density at radius 2 is 2.33 bits per heavy atom. The van der Waals surface area contributed by atoms with Crippen LogP contribution in [0.25, 0.3) is 0 Å². The van der Waals surface area contributed by atoms with Gasteiger partial charge in [0.15, 0.2) is 0 Å². The van der Waals surface area contributed by atoms with Crippen molar-refractivity contribution in [3.05, 3.63) is 30.1 Å². The van der Waals surface area contributed by atoms with Gasteiger partial charge in [0, 0.05) is 25.7 Å². The number of hydrogen-bond donors (Lipinski definition) is 0. The Hall–Kier alpha value is -1.99. The quantitative estimate of drug-likeness (QED) is 0.738. The number of piperazine rings is 1. The highest BCUT2D eigenvalue weighted by atomic mass is 16.7. The third-order valence-corrected chi connectivity index (χ3v) is 3.80. The molecule has 0 aliphatic carbocycles. The molecular formula is C14H17N3O4. The van der Waals surface area contributed by atoms with Gasteiger partial charge in [-0.3, -0.25) is 19.4 Å². The second-order valence-corrected chi connectivity index (χ2v) is 5.08. The fourth-order valence-electron chi connectivity index (χ4n) is 2.69. The molecule has 0 spiro atoms. The number of fused-ring (bicyclic) bond motifs is 1. The van der Waals surface area contributed by atoms with E-state index < -0.39 is 5.97 Å². The van der Waals surface area contributed by atoms with Gasteiger partial charge in [0.05, 0.1) is 12.8 Å². The van der Waals surface area contributed by atoms with Gasteiger partial charge in [-0.05, 0) is 12.1 Å². The molecule has 7 nitrogen and oxygen atoms in total. The van der Waals surface area contributed by atoms with E-state index in [1.165, 1.54) is 12.0 Å². The average Bonchev–Trinajstić information content (AvgIpc) is 2.96. The second-order valence-electron chi connectivity index (χ2n) is 5.08. The summed E-state index contributed by atoms with van der Waals surface area (Å²) in [4.78, 5) is 35.4. The van der Waals surface area contributed by atoms with E-state index in [4.69, 9.17) is 4.84 Å². The number of esters is 1. The Labute approximate surface area is 122 Å². The van der Waals surface area contributed by atoms with Crippen molar-refractivity contribution in [3.8, 4) is 0 Å². The lowest BCUT2D eigenvalue weighted by atomic mass is 10.0. The molecule has 1 amide bonds. The molecule has 3 heterocycles. The minimum Gasteiger partial charge on any atom is -0.468 e. The Kier molecular flexibility index (Phi) is 3.85. The molecule has 112 valence electrons. The minimum atomic E-state index is -0.406. The highest BCUT2D eigenvalue weighted by molar-refractivity contribution is 5.86. The van der Waals surface area contributed by atoms with Gasteiger partial charge in [0.2, 0.25) is 5.91 Å². The van der Waals surface area contributed by atoms with Crippen molar-refractivity contribution < 1.29 is 19.2 Å². The van der Waals surface area contributed by atoms with E-state index in [9.17, 15) is 9.59 Å². The molecule has 2 aliphatic heterocycles. The van der Waals surface area contributed by atoms with Gasteiger partial charge in [-0.15, -0.1) is 0 Å². The van der Waals surface area contributed by atoms with Crippen LogP contribution >= 0.6 is 0 Å². The molecule has 0 unspecified atom stereocenters. The van der Waals surface area contributed by atoms with Gasteiger partial charge in [-0.1, -0.05) is 6.07 Å². The van der Waals surface area contributed by atoms with E-state index in [0.717, 1.165) is 5.69 Å². The number of pyridine rings is 1. The molecule has 21 heavy (non-hydrogen) atoms. The third kappa shape index (κ3) is 2.74. The fraction of sp³-hybridized carbons (Fsp3) is 0.500. The Balaban J connectivity index is 1.69. The number of nitrogens with zero attached hydrogens (tertiary/aromatic N) is 3. The van der Waals surface area contributed by atoms with Crippen molar-refractivity contribution >= 4 is 11.9 Å². The number of carbonyl (C=O) groups excluding carboxylic acids is 2. The van der Waals surface area contributed by atoms with Crippen LogP contribution in [0.3, 0.4) is 0 Å². The molecule has 2 atom stereocenters. The van der Waals surface area contributed by atoms with E-state index in [-0.39, 0.29) is 24.6 Å². The van der Waals surface area contributed by atoms with Crippen LogP contribution < -0.4 is 0 Å². The predicted octanol–water partition coefficient (Wildman–Crippen LogP) is 0.144. The van der Waals surface area contributed by atoms with Crippen LogP contribution in [0.5, 0.6) is 0 Å². The van der Waals surface area contributed by atoms with Crippen molar-refractivity contribution in [1.82, 2.24) is 14.9 Å². The molecule has 7 heteroatoms. The van der Waals surface area contributed by atoms with E-state index in [1.807, 2.05) is 18.2 Å². The molecule has 2 fully saturated rings. The lowest BCUT2D eigenvalue weighted by Crippen LogP contribution is -2.55. The zero-order valence-electron chi connectivity index (χ0n) is 11.8. The number of hydrogen-bond acceptors (Lipinski definition) is 6. The summed E-state index contributed by atoms with van der Waals surface area (Å²) < 4.78 is 4.62. The van der Waals surface area contributed by atoms with Crippen molar-refractivity contribution in [3.63, 3.8) is 0 Å². The number of aromatic nitrogens is 1. The average molecular weight is 291 g/mol. The normalized spacial score (nSPS) is 25.8. The number of rotatable bonds is 3. The van der Waals surface area contributed by atoms with E-state index in [0.29, 0.717) is 19.5 Å². The van der Waals surface area contributed by atoms with Crippen molar-refractivity contribution in [2.24, 2.45) is 0 Å². The second kappa shape index (κ2) is 5.79. The summed E-state index contributed by atoms with van der Waals surface area (Å²) in [5, 5.41) is 1.70. The van der Waals surface area contributed by atoms with Crippen molar-refractivity contribution in [2.75, 3.05) is 26.7 Å². The molecule has 2 aliphatic rings. The summed E-state index contributed by atoms with van der Waals surface area (Å²) >= 11 is 0. The maximum absolute atomic E-state index is 12.4. The van der Waals surface area contributed by atoms with Crippen LogP contribution in [-0.2, 0) is 19.2 Å². The van der Waals surface area contributed by atoms with E-state index in [1.54, 1.807) is 11.3 Å². The molecular weight excluding hydrogens is 274 g/mol. The molecule has 1 aromatic heterocycles. The monoisotopic (exact) mass is 291 g/mol. The van der Waals surface area contributed by atoms with E-state index >= 15 is 0 Å². The van der Waals surface area contributed by atoms with Crippen LogP contribution in [0.1, 0.15) is 18.2 Å². The number of amides is 1. The van der Waals surface area contributed by atoms with Crippen LogP contribution in [0.4, 0.5) is 0 Å². The summed E-state index contributed by atoms with van der Waals surface area (Å²) in [6, 6.07) is 5.28. The van der Waals surface area contributed by atoms with Gasteiger partial charge < -0.3 is 9.64 Å². The Morgan fingerprint density at radius 3 is 3.05 bits per heavy atom. The lowest BCUT2D eigenvalue weighted by molar-refractivity contribution is -0.191. The third-order valence-electron chi connectivity index (χ3n) is 3.80. The van der Waals surface area contributed by atoms with Gasteiger partial charge in [0.25, 0.3) is 0 Å². The first-order chi connectivity index (χ1) is 10.2. The largest absolute Gasteiger partial charge is 0.468 e. The van der Waals surface area contributed by atoms with Gasteiger partial charge in [0.1, 0.15) is 18.7 Å². The molecule has 0 saturated carbocycles. The van der Waals surface area contributed by atoms with Crippen molar-refractivity contribution in [1.29, 1.82) is 0 Å². The number of carbonyl (C=O) groups is 2. The highest BCUT2D eigenvalue weighted by Crippen LogP contribution is 2.34.